The number of aromatic amines is 1. The molecule has 0 bridgehead atoms. The van der Waals surface area contributed by atoms with E-state index in [2.05, 4.69) is 64.9 Å². The Bertz CT molecular complexity index is 506. The van der Waals surface area contributed by atoms with Gasteiger partial charge in [-0.15, -0.1) is 10.2 Å². The van der Waals surface area contributed by atoms with Crippen molar-refractivity contribution >= 4 is 0 Å². The van der Waals surface area contributed by atoms with Gasteiger partial charge in [0.25, 0.3) is 0 Å². The molecule has 2 N–H and O–H groups in total. The van der Waals surface area contributed by atoms with Crippen molar-refractivity contribution in [2.45, 2.75) is 39.8 Å². The van der Waals surface area contributed by atoms with Crippen molar-refractivity contribution in [3.05, 3.63) is 40.7 Å². The third-order valence-electron chi connectivity index (χ3n) is 3.15. The normalized spacial score (nSPS) is 14.4. The first-order valence-electron chi connectivity index (χ1n) is 6.14. The second-order valence-electron chi connectivity index (χ2n) is 4.74. The van der Waals surface area contributed by atoms with Crippen LogP contribution in [0, 0.1) is 13.8 Å². The van der Waals surface area contributed by atoms with Crippen molar-refractivity contribution < 1.29 is 0 Å². The Morgan fingerprint density at radius 3 is 2.61 bits per heavy atom. The van der Waals surface area contributed by atoms with Crippen LogP contribution >= 0.6 is 0 Å². The number of nitrogens with one attached hydrogen (secondary N) is 2. The standard InChI is InChI=1S/C13H19N5/c1-8-5-6-9(2)12(7-8)10(3)14-11(4)13-15-17-18-16-13/h5-7,10-11,14H,1-4H3,(H,15,16,17,18). The highest BCUT2D eigenvalue weighted by molar-refractivity contribution is 5.32. The van der Waals surface area contributed by atoms with E-state index >= 15 is 0 Å². The molecular formula is C13H19N5. The van der Waals surface area contributed by atoms with Crippen LogP contribution in [0.4, 0.5) is 0 Å². The quantitative estimate of drug-likeness (QED) is 0.866. The molecule has 0 fully saturated rings. The molecule has 0 spiro atoms. The Labute approximate surface area is 107 Å². The molecule has 2 aromatic rings. The minimum Gasteiger partial charge on any atom is -0.301 e. The molecule has 18 heavy (non-hydrogen) atoms. The summed E-state index contributed by atoms with van der Waals surface area (Å²) >= 11 is 0. The molecule has 0 aliphatic heterocycles. The SMILES string of the molecule is Cc1ccc(C)c(C(C)NC(C)c2nn[nH]n2)c1. The zero-order valence-corrected chi connectivity index (χ0v) is 11.2. The molecule has 96 valence electrons. The summed E-state index contributed by atoms with van der Waals surface area (Å²) in [7, 11) is 0. The van der Waals surface area contributed by atoms with Crippen LogP contribution in [0.3, 0.4) is 0 Å². The molecule has 0 saturated carbocycles. The molecule has 1 aromatic carbocycles. The highest BCUT2D eigenvalue weighted by Gasteiger charge is 2.15. The number of aryl methyl sites for hydroxylation is 2. The van der Waals surface area contributed by atoms with Gasteiger partial charge in [-0.1, -0.05) is 29.0 Å². The van der Waals surface area contributed by atoms with Gasteiger partial charge in [-0.05, 0) is 38.8 Å². The highest BCUT2D eigenvalue weighted by atomic mass is 15.5. The van der Waals surface area contributed by atoms with E-state index in [1.165, 1.54) is 16.7 Å². The number of benzene rings is 1. The van der Waals surface area contributed by atoms with E-state index < -0.39 is 0 Å². The van der Waals surface area contributed by atoms with Crippen LogP contribution in [0.15, 0.2) is 18.2 Å². The lowest BCUT2D eigenvalue weighted by atomic mass is 9.99. The number of tetrazole rings is 1. The van der Waals surface area contributed by atoms with Gasteiger partial charge in [0.2, 0.25) is 0 Å². The van der Waals surface area contributed by atoms with Gasteiger partial charge in [-0.2, -0.15) is 5.21 Å². The maximum atomic E-state index is 3.99. The first-order valence-corrected chi connectivity index (χ1v) is 6.14. The number of rotatable bonds is 4. The molecule has 1 aromatic heterocycles. The molecule has 5 heteroatoms. The molecule has 2 atom stereocenters. The van der Waals surface area contributed by atoms with Gasteiger partial charge < -0.3 is 5.32 Å². The zero-order chi connectivity index (χ0) is 13.1. The monoisotopic (exact) mass is 245 g/mol. The maximum absolute atomic E-state index is 3.99. The van der Waals surface area contributed by atoms with Crippen molar-refractivity contribution in [3.63, 3.8) is 0 Å². The summed E-state index contributed by atoms with van der Waals surface area (Å²) in [5.74, 6) is 0.687. The van der Waals surface area contributed by atoms with Crippen molar-refractivity contribution in [1.82, 2.24) is 25.9 Å². The van der Waals surface area contributed by atoms with E-state index in [0.717, 1.165) is 0 Å². The third-order valence-corrected chi connectivity index (χ3v) is 3.15. The van der Waals surface area contributed by atoms with Gasteiger partial charge in [0.05, 0.1) is 6.04 Å². The van der Waals surface area contributed by atoms with E-state index in [4.69, 9.17) is 0 Å². The number of aromatic nitrogens is 4. The molecular weight excluding hydrogens is 226 g/mol. The number of nitrogens with zero attached hydrogens (tertiary/aromatic N) is 3. The summed E-state index contributed by atoms with van der Waals surface area (Å²) < 4.78 is 0. The van der Waals surface area contributed by atoms with Crippen LogP contribution < -0.4 is 5.32 Å². The summed E-state index contributed by atoms with van der Waals surface area (Å²) in [5, 5.41) is 17.5. The van der Waals surface area contributed by atoms with Crippen LogP contribution in [0.5, 0.6) is 0 Å². The van der Waals surface area contributed by atoms with Gasteiger partial charge in [-0.3, -0.25) is 0 Å². The number of hydrogen-bond acceptors (Lipinski definition) is 4. The largest absolute Gasteiger partial charge is 0.301 e. The van der Waals surface area contributed by atoms with Gasteiger partial charge >= 0.3 is 0 Å². The molecule has 2 rings (SSSR count). The van der Waals surface area contributed by atoms with Crippen molar-refractivity contribution in [2.75, 3.05) is 0 Å². The maximum Gasteiger partial charge on any atom is 0.191 e. The second kappa shape index (κ2) is 5.27. The lowest BCUT2D eigenvalue weighted by molar-refractivity contribution is 0.475. The minimum absolute atomic E-state index is 0.0682. The summed E-state index contributed by atoms with van der Waals surface area (Å²) in [5.41, 5.74) is 3.88. The van der Waals surface area contributed by atoms with Gasteiger partial charge in [0.1, 0.15) is 0 Å². The Balaban J connectivity index is 2.12. The van der Waals surface area contributed by atoms with E-state index in [0.29, 0.717) is 5.82 Å². The van der Waals surface area contributed by atoms with Crippen LogP contribution in [0.2, 0.25) is 0 Å². The Kier molecular flexibility index (Phi) is 3.72. The lowest BCUT2D eigenvalue weighted by Gasteiger charge is -2.20. The summed E-state index contributed by atoms with van der Waals surface area (Å²) in [6.07, 6.45) is 0. The molecule has 0 radical (unpaired) electrons. The molecule has 1 heterocycles. The van der Waals surface area contributed by atoms with E-state index in [1.54, 1.807) is 0 Å². The molecule has 0 aliphatic carbocycles. The molecule has 0 saturated heterocycles. The fraction of sp³-hybridized carbons (Fsp3) is 0.462. The van der Waals surface area contributed by atoms with Crippen LogP contribution in [-0.4, -0.2) is 20.6 Å². The van der Waals surface area contributed by atoms with Crippen molar-refractivity contribution in [1.29, 1.82) is 0 Å². The average molecular weight is 245 g/mol. The van der Waals surface area contributed by atoms with Crippen molar-refractivity contribution in [3.8, 4) is 0 Å². The van der Waals surface area contributed by atoms with Crippen molar-refractivity contribution in [2.24, 2.45) is 0 Å². The number of hydrogen-bond donors (Lipinski definition) is 2. The first kappa shape index (κ1) is 12.7. The lowest BCUT2D eigenvalue weighted by Crippen LogP contribution is -2.24. The average Bonchev–Trinajstić information content (AvgIpc) is 2.85. The van der Waals surface area contributed by atoms with Crippen LogP contribution in [-0.2, 0) is 0 Å². The van der Waals surface area contributed by atoms with Gasteiger partial charge in [0.15, 0.2) is 5.82 Å². The summed E-state index contributed by atoms with van der Waals surface area (Å²) in [6.45, 7) is 8.43. The number of H-pyrrole nitrogens is 1. The molecule has 0 amide bonds. The van der Waals surface area contributed by atoms with E-state index in [-0.39, 0.29) is 12.1 Å². The molecule has 0 aliphatic rings. The topological polar surface area (TPSA) is 66.5 Å². The highest BCUT2D eigenvalue weighted by Crippen LogP contribution is 2.21. The fourth-order valence-corrected chi connectivity index (χ4v) is 2.12. The smallest absolute Gasteiger partial charge is 0.191 e. The van der Waals surface area contributed by atoms with E-state index in [9.17, 15) is 0 Å². The minimum atomic E-state index is 0.0682. The summed E-state index contributed by atoms with van der Waals surface area (Å²) in [4.78, 5) is 0. The third kappa shape index (κ3) is 2.73. The molecule has 2 unspecified atom stereocenters. The van der Waals surface area contributed by atoms with Crippen LogP contribution in [0.25, 0.3) is 0 Å². The predicted molar refractivity (Wildman–Crippen MR) is 70.1 cm³/mol. The Hall–Kier alpha value is -1.75. The van der Waals surface area contributed by atoms with Gasteiger partial charge in [-0.25, -0.2) is 0 Å². The fourth-order valence-electron chi connectivity index (χ4n) is 2.12. The Morgan fingerprint density at radius 1 is 1.17 bits per heavy atom. The molecule has 5 nitrogen and oxygen atoms in total. The van der Waals surface area contributed by atoms with Gasteiger partial charge in [0, 0.05) is 6.04 Å². The second-order valence-corrected chi connectivity index (χ2v) is 4.74. The first-order chi connectivity index (χ1) is 8.58. The zero-order valence-electron chi connectivity index (χ0n) is 11.2. The van der Waals surface area contributed by atoms with Crippen LogP contribution in [0.1, 0.15) is 48.4 Å². The summed E-state index contributed by atoms with van der Waals surface area (Å²) in [6, 6.07) is 6.82. The predicted octanol–water partition coefficient (Wildman–Crippen LogP) is 2.23. The Morgan fingerprint density at radius 2 is 1.94 bits per heavy atom. The van der Waals surface area contributed by atoms with E-state index in [1.807, 2.05) is 6.92 Å².